The van der Waals surface area contributed by atoms with Crippen molar-refractivity contribution in [1.82, 2.24) is 4.90 Å². The number of nitrogens with zero attached hydrogens (tertiary/aromatic N) is 1. The van der Waals surface area contributed by atoms with Crippen molar-refractivity contribution in [2.45, 2.75) is 44.6 Å². The molecule has 0 saturated carbocycles. The van der Waals surface area contributed by atoms with E-state index in [1.165, 1.54) is 7.11 Å². The van der Waals surface area contributed by atoms with Crippen LogP contribution in [0.1, 0.15) is 50.1 Å². The maximum Gasteiger partial charge on any atom is 0.305 e. The number of carbonyl (C=O) groups excluding carboxylic acids is 2. The smallest absolute Gasteiger partial charge is 0.305 e. The molecule has 1 heterocycles. The Morgan fingerprint density at radius 3 is 2.78 bits per heavy atom. The van der Waals surface area contributed by atoms with Crippen molar-refractivity contribution in [2.24, 2.45) is 0 Å². The predicted molar refractivity (Wildman–Crippen MR) is 87.2 cm³/mol. The summed E-state index contributed by atoms with van der Waals surface area (Å²) in [5, 5.41) is 0. The number of esters is 1. The molecule has 5 heteroatoms. The van der Waals surface area contributed by atoms with Crippen molar-refractivity contribution in [3.05, 3.63) is 29.8 Å². The molecule has 1 saturated heterocycles. The second-order valence-electron chi connectivity index (χ2n) is 5.81. The van der Waals surface area contributed by atoms with Gasteiger partial charge in [0.1, 0.15) is 5.75 Å². The molecule has 23 heavy (non-hydrogen) atoms. The number of amides is 1. The van der Waals surface area contributed by atoms with Crippen LogP contribution < -0.4 is 4.74 Å². The van der Waals surface area contributed by atoms with Crippen LogP contribution in [0.2, 0.25) is 0 Å². The van der Waals surface area contributed by atoms with Gasteiger partial charge in [0.15, 0.2) is 0 Å². The molecule has 1 atom stereocenters. The fourth-order valence-electron chi connectivity index (χ4n) is 3.06. The van der Waals surface area contributed by atoms with Gasteiger partial charge in [-0.15, -0.1) is 0 Å². The number of ether oxygens (including phenoxy) is 2. The lowest BCUT2D eigenvalue weighted by Crippen LogP contribution is -2.38. The van der Waals surface area contributed by atoms with E-state index in [0.29, 0.717) is 19.3 Å². The molecule has 1 amide bonds. The molecule has 0 aromatic heterocycles. The number of benzene rings is 1. The van der Waals surface area contributed by atoms with E-state index in [9.17, 15) is 9.59 Å². The maximum atomic E-state index is 12.5. The third kappa shape index (κ3) is 4.71. The topological polar surface area (TPSA) is 55.8 Å². The van der Waals surface area contributed by atoms with Gasteiger partial charge in [0.2, 0.25) is 5.91 Å². The maximum absolute atomic E-state index is 12.5. The highest BCUT2D eigenvalue weighted by Crippen LogP contribution is 2.33. The molecular weight excluding hydrogens is 294 g/mol. The minimum atomic E-state index is -0.263. The van der Waals surface area contributed by atoms with E-state index >= 15 is 0 Å². The molecule has 0 bridgehead atoms. The van der Waals surface area contributed by atoms with Gasteiger partial charge in [-0.05, 0) is 43.4 Å². The Morgan fingerprint density at radius 1 is 1.22 bits per heavy atom. The number of carbonyl (C=O) groups is 2. The second kappa shape index (κ2) is 8.56. The van der Waals surface area contributed by atoms with E-state index in [1.54, 1.807) is 7.11 Å². The average molecular weight is 319 g/mol. The van der Waals surface area contributed by atoms with Crippen molar-refractivity contribution in [3.63, 3.8) is 0 Å². The summed E-state index contributed by atoms with van der Waals surface area (Å²) in [5.41, 5.74) is 1.12. The molecule has 1 fully saturated rings. The number of methoxy groups -OCH3 is 2. The Bertz CT molecular complexity index is 544. The van der Waals surface area contributed by atoms with Gasteiger partial charge in [0, 0.05) is 19.4 Å². The highest BCUT2D eigenvalue weighted by atomic mass is 16.5. The van der Waals surface area contributed by atoms with Gasteiger partial charge < -0.3 is 14.4 Å². The Hall–Kier alpha value is -2.04. The summed E-state index contributed by atoms with van der Waals surface area (Å²) in [6.07, 6.45) is 4.33. The summed E-state index contributed by atoms with van der Waals surface area (Å²) in [6.45, 7) is 0.777. The lowest BCUT2D eigenvalue weighted by Gasteiger charge is -2.36. The van der Waals surface area contributed by atoms with Crippen LogP contribution in [0.15, 0.2) is 24.3 Å². The molecular formula is C18H25NO4. The third-order valence-electron chi connectivity index (χ3n) is 4.30. The van der Waals surface area contributed by atoms with Crippen LogP contribution in [-0.4, -0.2) is 37.5 Å². The molecule has 1 aromatic rings. The normalized spacial score (nSPS) is 17.7. The number of likely N-dealkylation sites (tertiary alicyclic amines) is 1. The molecule has 2 rings (SSSR count). The predicted octanol–water partition coefficient (Wildman–Crippen LogP) is 3.09. The van der Waals surface area contributed by atoms with E-state index < -0.39 is 0 Å². The van der Waals surface area contributed by atoms with E-state index in [0.717, 1.165) is 37.1 Å². The van der Waals surface area contributed by atoms with Gasteiger partial charge in [-0.2, -0.15) is 0 Å². The van der Waals surface area contributed by atoms with Crippen LogP contribution in [0.4, 0.5) is 0 Å². The van der Waals surface area contributed by atoms with E-state index in [1.807, 2.05) is 29.2 Å². The van der Waals surface area contributed by atoms with Crippen LogP contribution in [0.25, 0.3) is 0 Å². The number of hydrogen-bond acceptors (Lipinski definition) is 4. The van der Waals surface area contributed by atoms with Crippen LogP contribution >= 0.6 is 0 Å². The SMILES string of the molecule is COC(=O)CCCC(=O)N1CCCCC1c1cccc(OC)c1. The van der Waals surface area contributed by atoms with E-state index in [-0.39, 0.29) is 17.9 Å². The first-order valence-corrected chi connectivity index (χ1v) is 8.16. The molecule has 126 valence electrons. The van der Waals surface area contributed by atoms with Crippen molar-refractivity contribution < 1.29 is 19.1 Å². The largest absolute Gasteiger partial charge is 0.497 e. The Kier molecular flexibility index (Phi) is 6.44. The van der Waals surface area contributed by atoms with Crippen LogP contribution in [0.3, 0.4) is 0 Å². The number of hydrogen-bond donors (Lipinski definition) is 0. The number of rotatable bonds is 6. The van der Waals surface area contributed by atoms with E-state index in [2.05, 4.69) is 4.74 Å². The molecule has 1 aliphatic heterocycles. The molecule has 1 aromatic carbocycles. The van der Waals surface area contributed by atoms with Crippen molar-refractivity contribution in [1.29, 1.82) is 0 Å². The molecule has 1 aliphatic rings. The van der Waals surface area contributed by atoms with Gasteiger partial charge >= 0.3 is 5.97 Å². The fraction of sp³-hybridized carbons (Fsp3) is 0.556. The molecule has 0 spiro atoms. The monoisotopic (exact) mass is 319 g/mol. The highest BCUT2D eigenvalue weighted by Gasteiger charge is 2.27. The zero-order valence-corrected chi connectivity index (χ0v) is 13.9. The molecule has 0 N–H and O–H groups in total. The first-order valence-electron chi connectivity index (χ1n) is 8.16. The zero-order chi connectivity index (χ0) is 16.7. The minimum absolute atomic E-state index is 0.101. The fourth-order valence-corrected chi connectivity index (χ4v) is 3.06. The van der Waals surface area contributed by atoms with Gasteiger partial charge in [0.05, 0.1) is 20.3 Å². The quantitative estimate of drug-likeness (QED) is 0.756. The van der Waals surface area contributed by atoms with E-state index in [4.69, 9.17) is 4.74 Å². The van der Waals surface area contributed by atoms with Crippen LogP contribution in [0.5, 0.6) is 5.75 Å². The summed E-state index contributed by atoms with van der Waals surface area (Å²) < 4.78 is 9.91. The summed E-state index contributed by atoms with van der Waals surface area (Å²) in [5.74, 6) is 0.661. The lowest BCUT2D eigenvalue weighted by molar-refractivity contribution is -0.141. The Morgan fingerprint density at radius 2 is 2.04 bits per heavy atom. The lowest BCUT2D eigenvalue weighted by atomic mass is 9.94. The first-order chi connectivity index (χ1) is 11.2. The average Bonchev–Trinajstić information content (AvgIpc) is 2.61. The molecule has 1 unspecified atom stereocenters. The second-order valence-corrected chi connectivity index (χ2v) is 5.81. The van der Waals surface area contributed by atoms with Gasteiger partial charge in [-0.25, -0.2) is 0 Å². The van der Waals surface area contributed by atoms with Crippen LogP contribution in [-0.2, 0) is 14.3 Å². The third-order valence-corrected chi connectivity index (χ3v) is 4.30. The number of piperidine rings is 1. The Balaban J connectivity index is 2.02. The standard InChI is InChI=1S/C18H25NO4/c1-22-15-8-5-7-14(13-15)16-9-3-4-12-19(16)17(20)10-6-11-18(21)23-2/h5,7-8,13,16H,3-4,6,9-12H2,1-2H3. The first kappa shape index (κ1) is 17.3. The highest BCUT2D eigenvalue weighted by molar-refractivity contribution is 5.77. The summed E-state index contributed by atoms with van der Waals surface area (Å²) in [6, 6.07) is 8.03. The van der Waals surface area contributed by atoms with Crippen molar-refractivity contribution in [3.8, 4) is 5.75 Å². The van der Waals surface area contributed by atoms with Gasteiger partial charge in [-0.3, -0.25) is 9.59 Å². The summed E-state index contributed by atoms with van der Waals surface area (Å²) >= 11 is 0. The molecule has 5 nitrogen and oxygen atoms in total. The molecule has 0 aliphatic carbocycles. The van der Waals surface area contributed by atoms with Crippen molar-refractivity contribution >= 4 is 11.9 Å². The van der Waals surface area contributed by atoms with Crippen molar-refractivity contribution in [2.75, 3.05) is 20.8 Å². The zero-order valence-electron chi connectivity index (χ0n) is 13.9. The van der Waals surface area contributed by atoms with Gasteiger partial charge in [-0.1, -0.05) is 12.1 Å². The minimum Gasteiger partial charge on any atom is -0.497 e. The van der Waals surface area contributed by atoms with Crippen LogP contribution in [0, 0.1) is 0 Å². The summed E-state index contributed by atoms with van der Waals surface area (Å²) in [4.78, 5) is 25.7. The molecule has 0 radical (unpaired) electrons. The van der Waals surface area contributed by atoms with Gasteiger partial charge in [0.25, 0.3) is 0 Å². The Labute approximate surface area is 137 Å². The summed E-state index contributed by atoms with van der Waals surface area (Å²) in [7, 11) is 3.02.